The van der Waals surface area contributed by atoms with Crippen molar-refractivity contribution in [1.29, 1.82) is 0 Å². The van der Waals surface area contributed by atoms with Gasteiger partial charge < -0.3 is 4.42 Å². The monoisotopic (exact) mass is 214 g/mol. The topological polar surface area (TPSA) is 13.1 Å². The molecule has 0 saturated heterocycles. The minimum atomic E-state index is -0.214. The average molecular weight is 214 g/mol. The van der Waals surface area contributed by atoms with Gasteiger partial charge in [-0.25, -0.2) is 4.39 Å². The predicted octanol–water partition coefficient (Wildman–Crippen LogP) is 4.34. The SMILES string of the molecule is Cc1cccc2c1oc1c(C)cc(F)cc12. The van der Waals surface area contributed by atoms with Crippen LogP contribution in [0.25, 0.3) is 21.9 Å². The van der Waals surface area contributed by atoms with Gasteiger partial charge >= 0.3 is 0 Å². The molecule has 0 atom stereocenters. The van der Waals surface area contributed by atoms with Crippen molar-refractivity contribution in [2.24, 2.45) is 0 Å². The molecule has 1 nitrogen and oxygen atoms in total. The van der Waals surface area contributed by atoms with Crippen LogP contribution in [0.4, 0.5) is 4.39 Å². The van der Waals surface area contributed by atoms with Crippen LogP contribution in [0.2, 0.25) is 0 Å². The summed E-state index contributed by atoms with van der Waals surface area (Å²) >= 11 is 0. The van der Waals surface area contributed by atoms with Crippen LogP contribution in [-0.4, -0.2) is 0 Å². The smallest absolute Gasteiger partial charge is 0.138 e. The van der Waals surface area contributed by atoms with Crippen LogP contribution < -0.4 is 0 Å². The molecule has 2 heteroatoms. The highest BCUT2D eigenvalue weighted by Gasteiger charge is 2.11. The lowest BCUT2D eigenvalue weighted by Gasteiger charge is -1.94. The Balaban J connectivity index is 2.61. The van der Waals surface area contributed by atoms with Crippen LogP contribution in [0.15, 0.2) is 34.7 Å². The quantitative estimate of drug-likeness (QED) is 0.542. The van der Waals surface area contributed by atoms with E-state index in [-0.39, 0.29) is 5.82 Å². The number of hydrogen-bond donors (Lipinski definition) is 0. The average Bonchev–Trinajstić information content (AvgIpc) is 2.59. The van der Waals surface area contributed by atoms with Gasteiger partial charge in [-0.05, 0) is 37.1 Å². The van der Waals surface area contributed by atoms with Crippen LogP contribution in [0.1, 0.15) is 11.1 Å². The molecule has 0 aliphatic heterocycles. The molecular weight excluding hydrogens is 203 g/mol. The Hall–Kier alpha value is -1.83. The van der Waals surface area contributed by atoms with Crippen molar-refractivity contribution in [3.8, 4) is 0 Å². The molecule has 0 spiro atoms. The zero-order valence-electron chi connectivity index (χ0n) is 9.17. The lowest BCUT2D eigenvalue weighted by atomic mass is 10.1. The number of benzene rings is 2. The van der Waals surface area contributed by atoms with Gasteiger partial charge in [0.25, 0.3) is 0 Å². The highest BCUT2D eigenvalue weighted by Crippen LogP contribution is 2.32. The fraction of sp³-hybridized carbons (Fsp3) is 0.143. The second kappa shape index (κ2) is 3.08. The number of para-hydroxylation sites is 1. The molecule has 0 radical (unpaired) electrons. The summed E-state index contributed by atoms with van der Waals surface area (Å²) in [5, 5.41) is 1.84. The summed E-state index contributed by atoms with van der Waals surface area (Å²) in [7, 11) is 0. The Morgan fingerprint density at radius 2 is 1.69 bits per heavy atom. The maximum Gasteiger partial charge on any atom is 0.138 e. The van der Waals surface area contributed by atoms with Crippen molar-refractivity contribution >= 4 is 21.9 Å². The number of hydrogen-bond acceptors (Lipinski definition) is 1. The van der Waals surface area contributed by atoms with E-state index in [0.29, 0.717) is 0 Å². The van der Waals surface area contributed by atoms with Crippen LogP contribution in [0.5, 0.6) is 0 Å². The van der Waals surface area contributed by atoms with Crippen LogP contribution >= 0.6 is 0 Å². The summed E-state index contributed by atoms with van der Waals surface area (Å²) in [6.07, 6.45) is 0. The Morgan fingerprint density at radius 3 is 2.50 bits per heavy atom. The molecule has 0 aliphatic carbocycles. The molecule has 0 aliphatic rings. The lowest BCUT2D eigenvalue weighted by Crippen LogP contribution is -1.77. The first-order chi connectivity index (χ1) is 7.66. The highest BCUT2D eigenvalue weighted by atomic mass is 19.1. The maximum absolute atomic E-state index is 13.4. The van der Waals surface area contributed by atoms with Gasteiger partial charge in [-0.15, -0.1) is 0 Å². The summed E-state index contributed by atoms with van der Waals surface area (Å²) in [5.41, 5.74) is 3.55. The van der Waals surface area contributed by atoms with E-state index in [2.05, 4.69) is 0 Å². The third-order valence-corrected chi connectivity index (χ3v) is 2.95. The summed E-state index contributed by atoms with van der Waals surface area (Å²) in [6.45, 7) is 3.86. The van der Waals surface area contributed by atoms with E-state index >= 15 is 0 Å². The van der Waals surface area contributed by atoms with Crippen molar-refractivity contribution in [2.75, 3.05) is 0 Å². The zero-order chi connectivity index (χ0) is 11.3. The molecule has 3 aromatic rings. The number of furan rings is 1. The minimum Gasteiger partial charge on any atom is -0.456 e. The minimum absolute atomic E-state index is 0.214. The largest absolute Gasteiger partial charge is 0.456 e. The molecule has 3 rings (SSSR count). The van der Waals surface area contributed by atoms with Crippen LogP contribution in [0.3, 0.4) is 0 Å². The maximum atomic E-state index is 13.4. The molecule has 1 heterocycles. The summed E-state index contributed by atoms with van der Waals surface area (Å²) in [5.74, 6) is -0.214. The Morgan fingerprint density at radius 1 is 0.938 bits per heavy atom. The van der Waals surface area contributed by atoms with E-state index in [1.165, 1.54) is 12.1 Å². The van der Waals surface area contributed by atoms with Crippen molar-refractivity contribution in [3.05, 3.63) is 47.3 Å². The van der Waals surface area contributed by atoms with E-state index in [1.807, 2.05) is 32.0 Å². The molecule has 0 saturated carbocycles. The second-order valence-electron chi connectivity index (χ2n) is 4.15. The molecule has 0 bridgehead atoms. The zero-order valence-corrected chi connectivity index (χ0v) is 9.17. The van der Waals surface area contributed by atoms with E-state index in [0.717, 1.165) is 33.1 Å². The van der Waals surface area contributed by atoms with Gasteiger partial charge in [0.2, 0.25) is 0 Å². The fourth-order valence-electron chi connectivity index (χ4n) is 2.17. The van der Waals surface area contributed by atoms with Crippen LogP contribution in [0, 0.1) is 19.7 Å². The van der Waals surface area contributed by atoms with E-state index < -0.39 is 0 Å². The molecule has 0 N–H and O–H groups in total. The van der Waals surface area contributed by atoms with Gasteiger partial charge in [-0.1, -0.05) is 18.2 Å². The van der Waals surface area contributed by atoms with Crippen molar-refractivity contribution in [2.45, 2.75) is 13.8 Å². The Kier molecular flexibility index (Phi) is 1.81. The van der Waals surface area contributed by atoms with Gasteiger partial charge in [-0.2, -0.15) is 0 Å². The highest BCUT2D eigenvalue weighted by molar-refractivity contribution is 6.06. The fourth-order valence-corrected chi connectivity index (χ4v) is 2.17. The number of fused-ring (bicyclic) bond motifs is 3. The molecule has 16 heavy (non-hydrogen) atoms. The van der Waals surface area contributed by atoms with E-state index in [1.54, 1.807) is 0 Å². The van der Waals surface area contributed by atoms with Gasteiger partial charge in [0.1, 0.15) is 17.0 Å². The van der Waals surface area contributed by atoms with Crippen molar-refractivity contribution < 1.29 is 8.81 Å². The second-order valence-corrected chi connectivity index (χ2v) is 4.15. The molecule has 0 amide bonds. The predicted molar refractivity (Wildman–Crippen MR) is 63.2 cm³/mol. The number of halogens is 1. The summed E-state index contributed by atoms with van der Waals surface area (Å²) < 4.78 is 19.2. The molecular formula is C14H11FO. The first kappa shape index (κ1) is 9.40. The molecule has 0 unspecified atom stereocenters. The standard InChI is InChI=1S/C14H11FO/c1-8-4-3-5-11-12-7-10(15)6-9(2)14(12)16-13(8)11/h3-7H,1-2H3. The first-order valence-corrected chi connectivity index (χ1v) is 5.25. The van der Waals surface area contributed by atoms with Crippen molar-refractivity contribution in [1.82, 2.24) is 0 Å². The van der Waals surface area contributed by atoms with Gasteiger partial charge in [0.05, 0.1) is 0 Å². The number of rotatable bonds is 0. The summed E-state index contributed by atoms with van der Waals surface area (Å²) in [6, 6.07) is 8.96. The summed E-state index contributed by atoms with van der Waals surface area (Å²) in [4.78, 5) is 0. The third-order valence-electron chi connectivity index (χ3n) is 2.95. The van der Waals surface area contributed by atoms with Gasteiger partial charge in [0.15, 0.2) is 0 Å². The van der Waals surface area contributed by atoms with Crippen LogP contribution in [-0.2, 0) is 0 Å². The molecule has 2 aromatic carbocycles. The molecule has 0 fully saturated rings. The molecule has 80 valence electrons. The van der Waals surface area contributed by atoms with Gasteiger partial charge in [-0.3, -0.25) is 0 Å². The Labute approximate surface area is 92.5 Å². The Bertz CT molecular complexity index is 695. The van der Waals surface area contributed by atoms with Crippen molar-refractivity contribution in [3.63, 3.8) is 0 Å². The first-order valence-electron chi connectivity index (χ1n) is 5.25. The van der Waals surface area contributed by atoms with Gasteiger partial charge in [0, 0.05) is 10.8 Å². The number of aryl methyl sites for hydroxylation is 2. The normalized spacial score (nSPS) is 11.4. The van der Waals surface area contributed by atoms with E-state index in [4.69, 9.17) is 4.42 Å². The van der Waals surface area contributed by atoms with E-state index in [9.17, 15) is 4.39 Å². The third kappa shape index (κ3) is 1.16. The molecule has 1 aromatic heterocycles. The lowest BCUT2D eigenvalue weighted by molar-refractivity contribution is 0.624.